The molecule has 2 aromatic rings. The van der Waals surface area contributed by atoms with Crippen molar-refractivity contribution in [2.24, 2.45) is 0 Å². The normalized spacial score (nSPS) is 16.2. The van der Waals surface area contributed by atoms with Crippen LogP contribution in [0.25, 0.3) is 11.8 Å². The van der Waals surface area contributed by atoms with Gasteiger partial charge in [0.1, 0.15) is 0 Å². The summed E-state index contributed by atoms with van der Waals surface area (Å²) in [6.45, 7) is 2.95. The third-order valence-electron chi connectivity index (χ3n) is 3.94. The lowest BCUT2D eigenvalue weighted by Crippen LogP contribution is -2.29. The second-order valence-electron chi connectivity index (χ2n) is 5.82. The number of carbonyl (C=O) groups excluding carboxylic acids is 2. The number of aromatic nitrogens is 1. The molecule has 3 rings (SSSR count). The predicted molar refractivity (Wildman–Crippen MR) is 99.7 cm³/mol. The van der Waals surface area contributed by atoms with Crippen molar-refractivity contribution in [3.63, 3.8) is 0 Å². The number of rotatable bonds is 6. The molecule has 0 N–H and O–H groups in total. The molecule has 25 heavy (non-hydrogen) atoms. The number of carbonyl (C=O) groups is 2. The van der Waals surface area contributed by atoms with Crippen LogP contribution in [0.5, 0.6) is 0 Å². The van der Waals surface area contributed by atoms with E-state index in [1.165, 1.54) is 4.90 Å². The van der Waals surface area contributed by atoms with Crippen molar-refractivity contribution in [3.8, 4) is 5.69 Å². The molecular formula is C19H20N2O3S. The average molecular weight is 356 g/mol. The molecule has 5 nitrogen and oxygen atoms in total. The average Bonchev–Trinajstić information content (AvgIpc) is 3.15. The van der Waals surface area contributed by atoms with Crippen molar-refractivity contribution < 1.29 is 14.3 Å². The molecule has 1 aliphatic heterocycles. The van der Waals surface area contributed by atoms with Crippen molar-refractivity contribution in [2.45, 2.75) is 13.3 Å². The van der Waals surface area contributed by atoms with Crippen molar-refractivity contribution >= 4 is 29.0 Å². The molecule has 1 aromatic carbocycles. The van der Waals surface area contributed by atoms with Gasteiger partial charge in [0.15, 0.2) is 0 Å². The minimum atomic E-state index is -0.233. The Labute approximate surface area is 151 Å². The maximum atomic E-state index is 12.5. The molecule has 0 atom stereocenters. The highest BCUT2D eigenvalue weighted by Gasteiger charge is 2.34. The maximum Gasteiger partial charge on any atom is 0.293 e. The minimum Gasteiger partial charge on any atom is -0.385 e. The highest BCUT2D eigenvalue weighted by atomic mass is 32.2. The first-order valence-electron chi connectivity index (χ1n) is 8.09. The van der Waals surface area contributed by atoms with Gasteiger partial charge in [0.25, 0.3) is 11.1 Å². The number of hydrogen-bond donors (Lipinski definition) is 0. The summed E-state index contributed by atoms with van der Waals surface area (Å²) < 4.78 is 6.99. The van der Waals surface area contributed by atoms with Crippen LogP contribution < -0.4 is 0 Å². The summed E-state index contributed by atoms with van der Waals surface area (Å²) in [7, 11) is 1.60. The molecule has 0 saturated carbocycles. The van der Waals surface area contributed by atoms with E-state index in [4.69, 9.17) is 4.74 Å². The summed E-state index contributed by atoms with van der Waals surface area (Å²) in [4.78, 5) is 26.3. The van der Waals surface area contributed by atoms with Gasteiger partial charge in [-0.1, -0.05) is 12.1 Å². The molecule has 0 spiro atoms. The zero-order valence-corrected chi connectivity index (χ0v) is 15.1. The zero-order chi connectivity index (χ0) is 17.8. The van der Waals surface area contributed by atoms with Gasteiger partial charge in [0, 0.05) is 37.8 Å². The van der Waals surface area contributed by atoms with Gasteiger partial charge in [-0.3, -0.25) is 14.5 Å². The second kappa shape index (κ2) is 7.72. The van der Waals surface area contributed by atoms with Crippen LogP contribution in [0.15, 0.2) is 47.5 Å². The van der Waals surface area contributed by atoms with Crippen molar-refractivity contribution in [1.82, 2.24) is 9.47 Å². The molecule has 1 saturated heterocycles. The topological polar surface area (TPSA) is 51.5 Å². The summed E-state index contributed by atoms with van der Waals surface area (Å²) >= 11 is 0.990. The standard InChI is InChI=1S/C19H20N2O3S/c1-14-6-3-7-15(12-14)20-9-4-8-16(20)13-17-18(22)21(19(23)25-17)10-5-11-24-2/h3-4,6-9,12-13H,5,10-11H2,1-2H3/b17-13+. The van der Waals surface area contributed by atoms with E-state index >= 15 is 0 Å². The van der Waals surface area contributed by atoms with Gasteiger partial charge in [-0.25, -0.2) is 0 Å². The van der Waals surface area contributed by atoms with E-state index in [1.807, 2.05) is 48.0 Å². The molecule has 1 aliphatic rings. The number of ether oxygens (including phenoxy) is 1. The van der Waals surface area contributed by atoms with Gasteiger partial charge in [-0.15, -0.1) is 0 Å². The fourth-order valence-corrected chi connectivity index (χ4v) is 3.57. The van der Waals surface area contributed by atoms with Crippen LogP contribution in [0, 0.1) is 6.92 Å². The molecule has 1 fully saturated rings. The second-order valence-corrected chi connectivity index (χ2v) is 6.81. The highest BCUT2D eigenvalue weighted by Crippen LogP contribution is 2.32. The quantitative estimate of drug-likeness (QED) is 0.583. The number of imide groups is 1. The molecule has 130 valence electrons. The first-order chi connectivity index (χ1) is 12.1. The fourth-order valence-electron chi connectivity index (χ4n) is 2.72. The number of benzene rings is 1. The first kappa shape index (κ1) is 17.5. The molecule has 0 radical (unpaired) electrons. The Morgan fingerprint density at radius 2 is 2.04 bits per heavy atom. The Bertz CT molecular complexity index is 826. The third kappa shape index (κ3) is 3.86. The summed E-state index contributed by atoms with van der Waals surface area (Å²) in [5.74, 6) is -0.233. The van der Waals surface area contributed by atoms with Crippen molar-refractivity contribution in [3.05, 3.63) is 58.8 Å². The minimum absolute atomic E-state index is 0.221. The highest BCUT2D eigenvalue weighted by molar-refractivity contribution is 8.18. The van der Waals surface area contributed by atoms with E-state index in [0.717, 1.165) is 28.7 Å². The maximum absolute atomic E-state index is 12.5. The van der Waals surface area contributed by atoms with Crippen molar-refractivity contribution in [2.75, 3.05) is 20.3 Å². The lowest BCUT2D eigenvalue weighted by Gasteiger charge is -2.11. The van der Waals surface area contributed by atoms with E-state index in [9.17, 15) is 9.59 Å². The Hall–Kier alpha value is -2.31. The number of hydrogen-bond acceptors (Lipinski definition) is 4. The predicted octanol–water partition coefficient (Wildman–Crippen LogP) is 3.86. The van der Waals surface area contributed by atoms with Gasteiger partial charge in [0.05, 0.1) is 4.91 Å². The SMILES string of the molecule is COCCCN1C(=O)S/C(=C/c2cccn2-c2cccc(C)c2)C1=O. The lowest BCUT2D eigenvalue weighted by atomic mass is 10.2. The van der Waals surface area contributed by atoms with E-state index in [1.54, 1.807) is 13.2 Å². The van der Waals surface area contributed by atoms with Crippen LogP contribution in [-0.4, -0.2) is 40.9 Å². The molecule has 0 bridgehead atoms. The van der Waals surface area contributed by atoms with Gasteiger partial charge in [-0.2, -0.15) is 0 Å². The summed E-state index contributed by atoms with van der Waals surface area (Å²) in [6.07, 6.45) is 4.37. The van der Waals surface area contributed by atoms with Crippen LogP contribution in [0.4, 0.5) is 4.79 Å². The van der Waals surface area contributed by atoms with Crippen LogP contribution in [0.1, 0.15) is 17.7 Å². The summed E-state index contributed by atoms with van der Waals surface area (Å²) in [5, 5.41) is -0.221. The van der Waals surface area contributed by atoms with Crippen LogP contribution in [0.2, 0.25) is 0 Å². The number of methoxy groups -OCH3 is 1. The summed E-state index contributed by atoms with van der Waals surface area (Å²) in [5.41, 5.74) is 3.05. The van der Waals surface area contributed by atoms with Gasteiger partial charge in [-0.05, 0) is 61.0 Å². The lowest BCUT2D eigenvalue weighted by molar-refractivity contribution is -0.122. The first-order valence-corrected chi connectivity index (χ1v) is 8.90. The Morgan fingerprint density at radius 1 is 1.20 bits per heavy atom. The van der Waals surface area contributed by atoms with Crippen LogP contribution in [-0.2, 0) is 9.53 Å². The third-order valence-corrected chi connectivity index (χ3v) is 4.85. The van der Waals surface area contributed by atoms with E-state index in [2.05, 4.69) is 6.07 Å². The Kier molecular flexibility index (Phi) is 5.40. The monoisotopic (exact) mass is 356 g/mol. The van der Waals surface area contributed by atoms with E-state index in [-0.39, 0.29) is 11.1 Å². The Balaban J connectivity index is 1.84. The van der Waals surface area contributed by atoms with Gasteiger partial charge in [0.2, 0.25) is 0 Å². The molecule has 0 aliphatic carbocycles. The number of thioether (sulfide) groups is 1. The summed E-state index contributed by atoms with van der Waals surface area (Å²) in [6, 6.07) is 12.0. The Morgan fingerprint density at radius 3 is 2.80 bits per heavy atom. The largest absolute Gasteiger partial charge is 0.385 e. The fraction of sp³-hybridized carbons (Fsp3) is 0.263. The van der Waals surface area contributed by atoms with Gasteiger partial charge >= 0.3 is 0 Å². The molecule has 2 amide bonds. The van der Waals surface area contributed by atoms with Crippen LogP contribution >= 0.6 is 11.8 Å². The number of aryl methyl sites for hydroxylation is 1. The van der Waals surface area contributed by atoms with Crippen LogP contribution in [0.3, 0.4) is 0 Å². The van der Waals surface area contributed by atoms with Gasteiger partial charge < -0.3 is 9.30 Å². The molecule has 2 heterocycles. The molecule has 1 aromatic heterocycles. The number of nitrogens with zero attached hydrogens (tertiary/aromatic N) is 2. The zero-order valence-electron chi connectivity index (χ0n) is 14.3. The number of amides is 2. The molecule has 6 heteroatoms. The van der Waals surface area contributed by atoms with E-state index < -0.39 is 0 Å². The smallest absolute Gasteiger partial charge is 0.293 e. The van der Waals surface area contributed by atoms with E-state index in [0.29, 0.717) is 24.5 Å². The van der Waals surface area contributed by atoms with Crippen molar-refractivity contribution in [1.29, 1.82) is 0 Å². The molecule has 0 unspecified atom stereocenters. The molecular weight excluding hydrogens is 336 g/mol.